The van der Waals surface area contributed by atoms with Crippen LogP contribution in [0.1, 0.15) is 25.7 Å². The van der Waals surface area contributed by atoms with Crippen LogP contribution in [0.15, 0.2) is 0 Å². The van der Waals surface area contributed by atoms with Crippen LogP contribution in [0.5, 0.6) is 0 Å². The van der Waals surface area contributed by atoms with Crippen LogP contribution < -0.4 is 0 Å². The fraction of sp³-hybridized carbons (Fsp3) is 1.00. The van der Waals surface area contributed by atoms with E-state index in [9.17, 15) is 0 Å². The molecule has 0 aromatic rings. The largest absolute Gasteiger partial charge is 0.378 e. The zero-order chi connectivity index (χ0) is 9.31. The fourth-order valence-corrected chi connectivity index (χ4v) is 2.06. The molecule has 3 heteroatoms. The summed E-state index contributed by atoms with van der Waals surface area (Å²) in [4.78, 5) is 0. The van der Waals surface area contributed by atoms with Crippen LogP contribution in [0.4, 0.5) is 0 Å². The normalized spacial score (nSPS) is 33.2. The lowest BCUT2D eigenvalue weighted by Gasteiger charge is -2.38. The Morgan fingerprint density at radius 2 is 1.92 bits per heavy atom. The Labute approximate surface area is 79.4 Å². The molecule has 3 nitrogen and oxygen atoms in total. The predicted molar refractivity (Wildman–Crippen MR) is 48.4 cm³/mol. The van der Waals surface area contributed by atoms with Gasteiger partial charge in [0.25, 0.3) is 0 Å². The van der Waals surface area contributed by atoms with Crippen molar-refractivity contribution in [2.45, 2.75) is 37.6 Å². The lowest BCUT2D eigenvalue weighted by molar-refractivity contribution is -0.258. The zero-order valence-electron chi connectivity index (χ0n) is 8.41. The summed E-state index contributed by atoms with van der Waals surface area (Å²) in [6.45, 7) is 0.767. The van der Waals surface area contributed by atoms with Gasteiger partial charge >= 0.3 is 0 Å². The number of ether oxygens (including phenoxy) is 3. The second kappa shape index (κ2) is 3.56. The second-order valence-electron chi connectivity index (χ2n) is 4.02. The molecule has 1 aliphatic carbocycles. The van der Waals surface area contributed by atoms with Gasteiger partial charge in [0.15, 0.2) is 5.79 Å². The minimum absolute atomic E-state index is 0.369. The first-order valence-corrected chi connectivity index (χ1v) is 5.01. The first-order valence-electron chi connectivity index (χ1n) is 5.01. The van der Waals surface area contributed by atoms with Crippen molar-refractivity contribution in [3.05, 3.63) is 0 Å². The highest BCUT2D eigenvalue weighted by molar-refractivity contribution is 4.89. The molecular formula is C10H18O3. The summed E-state index contributed by atoms with van der Waals surface area (Å²) in [6, 6.07) is 0. The summed E-state index contributed by atoms with van der Waals surface area (Å²) < 4.78 is 16.6. The lowest BCUT2D eigenvalue weighted by Crippen LogP contribution is -2.44. The van der Waals surface area contributed by atoms with Gasteiger partial charge in [-0.3, -0.25) is 0 Å². The smallest absolute Gasteiger partial charge is 0.172 e. The summed E-state index contributed by atoms with van der Waals surface area (Å²) in [6.07, 6.45) is 4.74. The highest BCUT2D eigenvalue weighted by Crippen LogP contribution is 2.41. The second-order valence-corrected chi connectivity index (χ2v) is 4.02. The molecule has 13 heavy (non-hydrogen) atoms. The van der Waals surface area contributed by atoms with Crippen molar-refractivity contribution in [2.75, 3.05) is 20.8 Å². The zero-order valence-corrected chi connectivity index (χ0v) is 8.41. The van der Waals surface area contributed by atoms with E-state index in [0.717, 1.165) is 25.4 Å². The minimum Gasteiger partial charge on any atom is -0.378 e. The topological polar surface area (TPSA) is 27.7 Å². The predicted octanol–water partition coefficient (Wildman–Crippen LogP) is 1.56. The van der Waals surface area contributed by atoms with E-state index in [1.807, 2.05) is 0 Å². The molecule has 0 bridgehead atoms. The van der Waals surface area contributed by atoms with Crippen LogP contribution in [-0.4, -0.2) is 32.7 Å². The Balaban J connectivity index is 1.96. The molecular weight excluding hydrogens is 168 g/mol. The Kier molecular flexibility index (Phi) is 2.58. The highest BCUT2D eigenvalue weighted by Gasteiger charge is 2.43. The Hall–Kier alpha value is -0.120. The third kappa shape index (κ3) is 1.87. The average Bonchev–Trinajstić information content (AvgIpc) is 3.01. The maximum absolute atomic E-state index is 5.70. The third-order valence-electron chi connectivity index (χ3n) is 3.22. The van der Waals surface area contributed by atoms with Crippen molar-refractivity contribution < 1.29 is 14.2 Å². The van der Waals surface area contributed by atoms with Gasteiger partial charge in [-0.1, -0.05) is 0 Å². The summed E-state index contributed by atoms with van der Waals surface area (Å²) in [5, 5.41) is 0. The Morgan fingerprint density at radius 3 is 2.46 bits per heavy atom. The Morgan fingerprint density at radius 1 is 1.23 bits per heavy atom. The summed E-state index contributed by atoms with van der Waals surface area (Å²) in [5.41, 5.74) is 0. The molecule has 1 heterocycles. The highest BCUT2D eigenvalue weighted by atomic mass is 16.7. The summed E-state index contributed by atoms with van der Waals surface area (Å²) in [7, 11) is 3.44. The van der Waals surface area contributed by atoms with E-state index in [0.29, 0.717) is 6.10 Å². The molecule has 0 amide bonds. The monoisotopic (exact) mass is 186 g/mol. The molecule has 0 N–H and O–H groups in total. The van der Waals surface area contributed by atoms with Crippen LogP contribution >= 0.6 is 0 Å². The molecule has 76 valence electrons. The molecule has 1 aliphatic heterocycles. The van der Waals surface area contributed by atoms with E-state index >= 15 is 0 Å². The molecule has 0 aromatic carbocycles. The van der Waals surface area contributed by atoms with Crippen LogP contribution in [0.3, 0.4) is 0 Å². The van der Waals surface area contributed by atoms with Gasteiger partial charge in [0.05, 0.1) is 12.7 Å². The molecule has 1 atom stereocenters. The summed E-state index contributed by atoms with van der Waals surface area (Å²) >= 11 is 0. The molecule has 2 fully saturated rings. The molecule has 1 saturated heterocycles. The molecule has 2 rings (SSSR count). The third-order valence-corrected chi connectivity index (χ3v) is 3.22. The van der Waals surface area contributed by atoms with Crippen molar-refractivity contribution >= 4 is 0 Å². The van der Waals surface area contributed by atoms with Crippen molar-refractivity contribution in [1.82, 2.24) is 0 Å². The van der Waals surface area contributed by atoms with Gasteiger partial charge in [0.1, 0.15) is 0 Å². The molecule has 0 spiro atoms. The van der Waals surface area contributed by atoms with Gasteiger partial charge in [-0.05, 0) is 18.8 Å². The molecule has 1 saturated carbocycles. The number of methoxy groups -OCH3 is 2. The van der Waals surface area contributed by atoms with Crippen LogP contribution in [0.2, 0.25) is 0 Å². The summed E-state index contributed by atoms with van der Waals surface area (Å²) in [5.74, 6) is 0.399. The molecule has 0 radical (unpaired) electrons. The average molecular weight is 186 g/mol. The number of hydrogen-bond donors (Lipinski definition) is 0. The minimum atomic E-state index is -0.370. The van der Waals surface area contributed by atoms with Crippen LogP contribution in [0, 0.1) is 5.92 Å². The van der Waals surface area contributed by atoms with Crippen LogP contribution in [-0.2, 0) is 14.2 Å². The van der Waals surface area contributed by atoms with Gasteiger partial charge in [-0.15, -0.1) is 0 Å². The standard InChI is InChI=1S/C10H18O3/c1-11-10(12-2)5-6-13-9(7-10)8-3-4-8/h8-9H,3-7H2,1-2H3/t9-/m1/s1. The van der Waals surface area contributed by atoms with E-state index in [1.165, 1.54) is 12.8 Å². The lowest BCUT2D eigenvalue weighted by atomic mass is 9.99. The first-order chi connectivity index (χ1) is 6.29. The van der Waals surface area contributed by atoms with Gasteiger partial charge < -0.3 is 14.2 Å². The first kappa shape index (κ1) is 9.44. The van der Waals surface area contributed by atoms with Crippen molar-refractivity contribution in [2.24, 2.45) is 5.92 Å². The van der Waals surface area contributed by atoms with E-state index in [-0.39, 0.29) is 5.79 Å². The van der Waals surface area contributed by atoms with Crippen molar-refractivity contribution in [3.63, 3.8) is 0 Å². The van der Waals surface area contributed by atoms with Crippen molar-refractivity contribution in [3.8, 4) is 0 Å². The fourth-order valence-electron chi connectivity index (χ4n) is 2.06. The molecule has 2 aliphatic rings. The maximum Gasteiger partial charge on any atom is 0.172 e. The van der Waals surface area contributed by atoms with Gasteiger partial charge in [-0.2, -0.15) is 0 Å². The maximum atomic E-state index is 5.70. The van der Waals surface area contributed by atoms with Gasteiger partial charge in [-0.25, -0.2) is 0 Å². The quantitative estimate of drug-likeness (QED) is 0.626. The molecule has 0 unspecified atom stereocenters. The number of hydrogen-bond acceptors (Lipinski definition) is 3. The van der Waals surface area contributed by atoms with Gasteiger partial charge in [0.2, 0.25) is 0 Å². The SMILES string of the molecule is COC1(OC)CCO[C@@H](C2CC2)C1. The Bertz CT molecular complexity index is 173. The van der Waals surface area contributed by atoms with Gasteiger partial charge in [0, 0.05) is 27.1 Å². The van der Waals surface area contributed by atoms with Crippen molar-refractivity contribution in [1.29, 1.82) is 0 Å². The number of rotatable bonds is 3. The van der Waals surface area contributed by atoms with E-state index in [4.69, 9.17) is 14.2 Å². The molecule has 0 aromatic heterocycles. The van der Waals surface area contributed by atoms with E-state index in [2.05, 4.69) is 0 Å². The van der Waals surface area contributed by atoms with E-state index < -0.39 is 0 Å². The van der Waals surface area contributed by atoms with Crippen LogP contribution in [0.25, 0.3) is 0 Å². The van der Waals surface area contributed by atoms with E-state index in [1.54, 1.807) is 14.2 Å².